The Morgan fingerprint density at radius 2 is 2.31 bits per heavy atom. The van der Waals surface area contributed by atoms with Crippen molar-refractivity contribution in [2.45, 2.75) is 6.54 Å². The van der Waals surface area contributed by atoms with Crippen LogP contribution in [0.15, 0.2) is 27.4 Å². The summed E-state index contributed by atoms with van der Waals surface area (Å²) in [7, 11) is 1.51. The van der Waals surface area contributed by atoms with Crippen LogP contribution in [0.2, 0.25) is 0 Å². The van der Waals surface area contributed by atoms with Gasteiger partial charge in [0.15, 0.2) is 5.58 Å². The maximum atomic E-state index is 11.5. The van der Waals surface area contributed by atoms with Crippen molar-refractivity contribution >= 4 is 22.7 Å². The van der Waals surface area contributed by atoms with Crippen LogP contribution >= 0.6 is 0 Å². The maximum absolute atomic E-state index is 11.5. The number of oxazole rings is 1. The summed E-state index contributed by atoms with van der Waals surface area (Å²) in [6.07, 6.45) is 0. The van der Waals surface area contributed by atoms with E-state index < -0.39 is 5.76 Å². The van der Waals surface area contributed by atoms with E-state index in [1.807, 2.05) is 0 Å². The molecule has 1 amide bonds. The van der Waals surface area contributed by atoms with E-state index in [-0.39, 0.29) is 12.5 Å². The molecule has 0 atom stereocenters. The summed E-state index contributed by atoms with van der Waals surface area (Å²) in [5.74, 6) is -0.828. The quantitative estimate of drug-likeness (QED) is 0.694. The van der Waals surface area contributed by atoms with Gasteiger partial charge in [-0.15, -0.1) is 0 Å². The summed E-state index contributed by atoms with van der Waals surface area (Å²) in [4.78, 5) is 22.7. The molecule has 2 aromatic rings. The van der Waals surface area contributed by atoms with E-state index in [1.54, 1.807) is 18.2 Å². The highest BCUT2D eigenvalue weighted by Gasteiger charge is 2.11. The summed E-state index contributed by atoms with van der Waals surface area (Å²) in [6.45, 7) is -0.0632. The van der Waals surface area contributed by atoms with E-state index in [0.717, 1.165) is 0 Å². The summed E-state index contributed by atoms with van der Waals surface area (Å²) in [5.41, 5.74) is 7.01. The van der Waals surface area contributed by atoms with Gasteiger partial charge in [-0.2, -0.15) is 0 Å². The largest absolute Gasteiger partial charge is 0.420 e. The second kappa shape index (κ2) is 3.73. The monoisotopic (exact) mass is 221 g/mol. The van der Waals surface area contributed by atoms with Crippen molar-refractivity contribution in [2.75, 3.05) is 12.8 Å². The molecule has 0 radical (unpaired) electrons. The minimum atomic E-state index is -0.566. The van der Waals surface area contributed by atoms with Crippen molar-refractivity contribution in [3.05, 3.63) is 28.7 Å². The standard InChI is InChI=1S/C10H11N3O3/c1-12-9(14)5-13-7-3-2-6(11)4-8(7)16-10(13)15/h2-4H,5,11H2,1H3,(H,12,14). The third-order valence-corrected chi connectivity index (χ3v) is 2.27. The molecule has 0 saturated carbocycles. The van der Waals surface area contributed by atoms with Gasteiger partial charge in [0, 0.05) is 18.8 Å². The van der Waals surface area contributed by atoms with Crippen LogP contribution < -0.4 is 16.8 Å². The Hall–Kier alpha value is -2.24. The van der Waals surface area contributed by atoms with Crippen LogP contribution in [0, 0.1) is 0 Å². The average molecular weight is 221 g/mol. The zero-order chi connectivity index (χ0) is 11.7. The second-order valence-electron chi connectivity index (χ2n) is 3.35. The normalized spacial score (nSPS) is 10.6. The van der Waals surface area contributed by atoms with Crippen molar-refractivity contribution < 1.29 is 9.21 Å². The number of aromatic nitrogens is 1. The molecular weight excluding hydrogens is 210 g/mol. The Labute approximate surface area is 90.6 Å². The van der Waals surface area contributed by atoms with Crippen LogP contribution in [0.4, 0.5) is 5.69 Å². The number of hydrogen-bond acceptors (Lipinski definition) is 4. The highest BCUT2D eigenvalue weighted by Crippen LogP contribution is 2.15. The van der Waals surface area contributed by atoms with Gasteiger partial charge in [0.2, 0.25) is 5.91 Å². The predicted octanol–water partition coefficient (Wildman–Crippen LogP) is -0.0773. The third-order valence-electron chi connectivity index (χ3n) is 2.27. The van der Waals surface area contributed by atoms with Gasteiger partial charge in [0.25, 0.3) is 0 Å². The molecule has 0 aliphatic carbocycles. The number of anilines is 1. The molecule has 6 nitrogen and oxygen atoms in total. The first kappa shape index (κ1) is 10.3. The molecule has 2 rings (SSSR count). The van der Waals surface area contributed by atoms with E-state index >= 15 is 0 Å². The molecule has 0 aliphatic rings. The van der Waals surface area contributed by atoms with Crippen LogP contribution in [0.1, 0.15) is 0 Å². The van der Waals surface area contributed by atoms with Gasteiger partial charge in [-0.1, -0.05) is 0 Å². The van der Waals surface area contributed by atoms with Gasteiger partial charge in [-0.25, -0.2) is 4.79 Å². The lowest BCUT2D eigenvalue weighted by molar-refractivity contribution is -0.121. The Bertz CT molecular complexity index is 597. The van der Waals surface area contributed by atoms with E-state index in [1.165, 1.54) is 11.6 Å². The third kappa shape index (κ3) is 1.65. The van der Waals surface area contributed by atoms with Crippen LogP contribution in [0.3, 0.4) is 0 Å². The lowest BCUT2D eigenvalue weighted by Crippen LogP contribution is -2.27. The number of nitrogens with zero attached hydrogens (tertiary/aromatic N) is 1. The fraction of sp³-hybridized carbons (Fsp3) is 0.200. The number of benzene rings is 1. The SMILES string of the molecule is CNC(=O)Cn1c(=O)oc2cc(N)ccc21. The topological polar surface area (TPSA) is 90.3 Å². The summed E-state index contributed by atoms with van der Waals surface area (Å²) < 4.78 is 6.23. The molecule has 3 N–H and O–H groups in total. The van der Waals surface area contributed by atoms with Crippen LogP contribution in [-0.2, 0) is 11.3 Å². The number of rotatable bonds is 2. The Morgan fingerprint density at radius 3 is 3.00 bits per heavy atom. The number of amides is 1. The number of fused-ring (bicyclic) bond motifs is 1. The van der Waals surface area contributed by atoms with Gasteiger partial charge in [0.05, 0.1) is 5.52 Å². The second-order valence-corrected chi connectivity index (χ2v) is 3.35. The predicted molar refractivity (Wildman–Crippen MR) is 59.0 cm³/mol. The molecule has 16 heavy (non-hydrogen) atoms. The lowest BCUT2D eigenvalue weighted by atomic mass is 10.3. The van der Waals surface area contributed by atoms with E-state index in [2.05, 4.69) is 5.32 Å². The van der Waals surface area contributed by atoms with Crippen molar-refractivity contribution in [2.24, 2.45) is 0 Å². The van der Waals surface area contributed by atoms with Gasteiger partial charge in [-0.3, -0.25) is 9.36 Å². The molecule has 0 bridgehead atoms. The smallest absolute Gasteiger partial charge is 0.408 e. The molecule has 84 valence electrons. The van der Waals surface area contributed by atoms with Crippen molar-refractivity contribution in [1.29, 1.82) is 0 Å². The molecule has 1 aromatic heterocycles. The van der Waals surface area contributed by atoms with Crippen molar-refractivity contribution in [3.63, 3.8) is 0 Å². The summed E-state index contributed by atoms with van der Waals surface area (Å²) >= 11 is 0. The molecular formula is C10H11N3O3. The molecule has 0 aliphatic heterocycles. The highest BCUT2D eigenvalue weighted by molar-refractivity contribution is 5.80. The molecule has 6 heteroatoms. The Kier molecular flexibility index (Phi) is 2.40. The number of nitrogens with two attached hydrogens (primary N) is 1. The average Bonchev–Trinajstić information content (AvgIpc) is 2.54. The fourth-order valence-electron chi connectivity index (χ4n) is 1.46. The maximum Gasteiger partial charge on any atom is 0.420 e. The summed E-state index contributed by atoms with van der Waals surface area (Å²) in [5, 5.41) is 2.44. The van der Waals surface area contributed by atoms with Gasteiger partial charge >= 0.3 is 5.76 Å². The molecule has 0 saturated heterocycles. The zero-order valence-electron chi connectivity index (χ0n) is 8.69. The molecule has 0 unspecified atom stereocenters. The molecule has 1 heterocycles. The Morgan fingerprint density at radius 1 is 1.56 bits per heavy atom. The van der Waals surface area contributed by atoms with Gasteiger partial charge in [0.1, 0.15) is 6.54 Å². The highest BCUT2D eigenvalue weighted by atomic mass is 16.4. The van der Waals surface area contributed by atoms with Gasteiger partial charge in [-0.05, 0) is 12.1 Å². The minimum absolute atomic E-state index is 0.0632. The number of hydrogen-bond donors (Lipinski definition) is 2. The van der Waals surface area contributed by atoms with Crippen molar-refractivity contribution in [1.82, 2.24) is 9.88 Å². The number of nitrogens with one attached hydrogen (secondary N) is 1. The van der Waals surface area contributed by atoms with E-state index in [9.17, 15) is 9.59 Å². The number of likely N-dealkylation sites (N-methyl/N-ethyl adjacent to an activating group) is 1. The van der Waals surface area contributed by atoms with Crippen LogP contribution in [0.5, 0.6) is 0 Å². The van der Waals surface area contributed by atoms with E-state index in [0.29, 0.717) is 16.8 Å². The zero-order valence-corrected chi connectivity index (χ0v) is 8.69. The number of carbonyl (C=O) groups excluding carboxylic acids is 1. The van der Waals surface area contributed by atoms with Gasteiger partial charge < -0.3 is 15.5 Å². The first-order valence-electron chi connectivity index (χ1n) is 4.71. The fourth-order valence-corrected chi connectivity index (χ4v) is 1.46. The summed E-state index contributed by atoms with van der Waals surface area (Å²) in [6, 6.07) is 4.85. The lowest BCUT2D eigenvalue weighted by Gasteiger charge is -2.00. The van der Waals surface area contributed by atoms with Crippen LogP contribution in [-0.4, -0.2) is 17.5 Å². The van der Waals surface area contributed by atoms with Crippen LogP contribution in [0.25, 0.3) is 11.1 Å². The molecule has 0 spiro atoms. The molecule has 0 fully saturated rings. The van der Waals surface area contributed by atoms with Crippen molar-refractivity contribution in [3.8, 4) is 0 Å². The number of carbonyl (C=O) groups is 1. The molecule has 1 aromatic carbocycles. The first-order chi connectivity index (χ1) is 7.61. The first-order valence-corrected chi connectivity index (χ1v) is 4.71. The minimum Gasteiger partial charge on any atom is -0.408 e. The Balaban J connectivity index is 2.56. The number of nitrogen functional groups attached to an aromatic ring is 1. The van der Waals surface area contributed by atoms with E-state index in [4.69, 9.17) is 10.2 Å².